The van der Waals surface area contributed by atoms with Gasteiger partial charge in [0.15, 0.2) is 5.96 Å². The van der Waals surface area contributed by atoms with Gasteiger partial charge in [0.05, 0.1) is 25.9 Å². The highest BCUT2D eigenvalue weighted by Gasteiger charge is 2.00. The normalized spacial score (nSPS) is 10.6. The molecule has 0 bridgehead atoms. The summed E-state index contributed by atoms with van der Waals surface area (Å²) in [6.45, 7) is 4.09. The van der Waals surface area contributed by atoms with E-state index in [2.05, 4.69) is 20.6 Å². The first kappa shape index (κ1) is 19.2. The van der Waals surface area contributed by atoms with Crippen molar-refractivity contribution in [2.45, 2.75) is 20.0 Å². The molecule has 2 rings (SSSR count). The summed E-state index contributed by atoms with van der Waals surface area (Å²) in [6.07, 6.45) is 1.79. The first-order valence-corrected chi connectivity index (χ1v) is 7.37. The fraction of sp³-hybridized carbons (Fsp3) is 0.294. The van der Waals surface area contributed by atoms with Gasteiger partial charge >= 0.3 is 0 Å². The van der Waals surface area contributed by atoms with Gasteiger partial charge in [-0.15, -0.1) is 24.0 Å². The fourth-order valence-electron chi connectivity index (χ4n) is 1.96. The predicted molar refractivity (Wildman–Crippen MR) is 104 cm³/mol. The Labute approximate surface area is 154 Å². The van der Waals surface area contributed by atoms with Crippen LogP contribution in [0.4, 0.5) is 0 Å². The second-order valence-corrected chi connectivity index (χ2v) is 4.72. The summed E-state index contributed by atoms with van der Waals surface area (Å²) in [5.74, 6) is 1.62. The molecule has 0 saturated carbocycles. The van der Waals surface area contributed by atoms with E-state index in [4.69, 9.17) is 4.74 Å². The molecule has 0 amide bonds. The van der Waals surface area contributed by atoms with Gasteiger partial charge in [0.25, 0.3) is 0 Å². The topological polar surface area (TPSA) is 58.5 Å². The summed E-state index contributed by atoms with van der Waals surface area (Å²) in [7, 11) is 1.67. The van der Waals surface area contributed by atoms with Crippen molar-refractivity contribution in [3.63, 3.8) is 0 Å². The van der Waals surface area contributed by atoms with E-state index < -0.39 is 0 Å². The van der Waals surface area contributed by atoms with Crippen LogP contribution in [-0.2, 0) is 13.1 Å². The first-order valence-electron chi connectivity index (χ1n) is 7.37. The zero-order valence-corrected chi connectivity index (χ0v) is 15.8. The van der Waals surface area contributed by atoms with Gasteiger partial charge in [-0.25, -0.2) is 4.99 Å². The lowest BCUT2D eigenvalue weighted by Gasteiger charge is -2.11. The Morgan fingerprint density at radius 1 is 1.17 bits per heavy atom. The summed E-state index contributed by atoms with van der Waals surface area (Å²) in [5.41, 5.74) is 2.09. The molecule has 1 heterocycles. The molecule has 0 spiro atoms. The van der Waals surface area contributed by atoms with Crippen LogP contribution in [0.1, 0.15) is 18.2 Å². The van der Waals surface area contributed by atoms with Crippen molar-refractivity contribution in [3.05, 3.63) is 59.9 Å². The van der Waals surface area contributed by atoms with Crippen molar-refractivity contribution < 1.29 is 4.74 Å². The Morgan fingerprint density at radius 2 is 2.04 bits per heavy atom. The van der Waals surface area contributed by atoms with E-state index in [0.717, 1.165) is 29.5 Å². The van der Waals surface area contributed by atoms with Crippen molar-refractivity contribution in [1.82, 2.24) is 15.6 Å². The standard InChI is InChI=1S/C17H22N4O.HI/c1-3-18-17(21-13-15-8-4-5-10-19-15)20-12-14-7-6-9-16(11-14)22-2;/h4-11H,3,12-13H2,1-2H3,(H2,18,20,21);1H. The number of pyridine rings is 1. The molecule has 2 aromatic rings. The number of ether oxygens (including phenoxy) is 1. The number of hydrogen-bond acceptors (Lipinski definition) is 3. The summed E-state index contributed by atoms with van der Waals surface area (Å²) < 4.78 is 5.23. The largest absolute Gasteiger partial charge is 0.497 e. The molecule has 0 aliphatic heterocycles. The van der Waals surface area contributed by atoms with Gasteiger partial charge in [0, 0.05) is 12.7 Å². The minimum atomic E-state index is 0. The molecule has 1 aromatic heterocycles. The van der Waals surface area contributed by atoms with Crippen molar-refractivity contribution in [2.24, 2.45) is 4.99 Å². The summed E-state index contributed by atoms with van der Waals surface area (Å²) >= 11 is 0. The lowest BCUT2D eigenvalue weighted by molar-refractivity contribution is 0.414. The number of methoxy groups -OCH3 is 1. The van der Waals surface area contributed by atoms with Crippen molar-refractivity contribution in [2.75, 3.05) is 13.7 Å². The Balaban J connectivity index is 0.00000264. The molecule has 5 nitrogen and oxygen atoms in total. The number of rotatable bonds is 6. The van der Waals surface area contributed by atoms with Gasteiger partial charge in [0.1, 0.15) is 5.75 Å². The van der Waals surface area contributed by atoms with Crippen LogP contribution in [0.3, 0.4) is 0 Å². The van der Waals surface area contributed by atoms with E-state index in [-0.39, 0.29) is 24.0 Å². The molecule has 0 unspecified atom stereocenters. The van der Waals surface area contributed by atoms with Crippen LogP contribution in [0.15, 0.2) is 53.7 Å². The smallest absolute Gasteiger partial charge is 0.191 e. The summed E-state index contributed by atoms with van der Waals surface area (Å²) in [5, 5.41) is 6.51. The van der Waals surface area contributed by atoms with Crippen LogP contribution in [0, 0.1) is 0 Å². The average Bonchev–Trinajstić information content (AvgIpc) is 2.58. The van der Waals surface area contributed by atoms with E-state index in [9.17, 15) is 0 Å². The molecule has 0 fully saturated rings. The van der Waals surface area contributed by atoms with Gasteiger partial charge in [-0.3, -0.25) is 4.98 Å². The third-order valence-electron chi connectivity index (χ3n) is 3.06. The van der Waals surface area contributed by atoms with Gasteiger partial charge in [0.2, 0.25) is 0 Å². The molecule has 23 heavy (non-hydrogen) atoms. The monoisotopic (exact) mass is 426 g/mol. The highest BCUT2D eigenvalue weighted by Crippen LogP contribution is 2.13. The third-order valence-corrected chi connectivity index (χ3v) is 3.06. The van der Waals surface area contributed by atoms with Crippen LogP contribution in [0.25, 0.3) is 0 Å². The molecule has 0 radical (unpaired) electrons. The number of aromatic nitrogens is 1. The quantitative estimate of drug-likeness (QED) is 0.424. The Kier molecular flexibility index (Phi) is 9.04. The highest BCUT2D eigenvalue weighted by atomic mass is 127. The van der Waals surface area contributed by atoms with Crippen LogP contribution >= 0.6 is 24.0 Å². The maximum absolute atomic E-state index is 5.23. The van der Waals surface area contributed by atoms with E-state index in [1.807, 2.05) is 49.4 Å². The molecule has 124 valence electrons. The number of benzene rings is 1. The molecular formula is C17H23IN4O. The minimum absolute atomic E-state index is 0. The zero-order valence-electron chi connectivity index (χ0n) is 13.5. The number of guanidine groups is 1. The van der Waals surface area contributed by atoms with E-state index in [1.165, 1.54) is 0 Å². The molecule has 0 saturated heterocycles. The zero-order chi connectivity index (χ0) is 15.6. The van der Waals surface area contributed by atoms with Gasteiger partial charge in [-0.2, -0.15) is 0 Å². The van der Waals surface area contributed by atoms with Crippen LogP contribution in [-0.4, -0.2) is 24.6 Å². The highest BCUT2D eigenvalue weighted by molar-refractivity contribution is 14.0. The van der Waals surface area contributed by atoms with Crippen molar-refractivity contribution in [3.8, 4) is 5.75 Å². The van der Waals surface area contributed by atoms with Gasteiger partial charge in [-0.1, -0.05) is 18.2 Å². The second kappa shape index (κ2) is 10.8. The number of halogens is 1. The minimum Gasteiger partial charge on any atom is -0.497 e. The third kappa shape index (κ3) is 6.85. The molecule has 6 heteroatoms. The molecule has 0 aliphatic carbocycles. The Morgan fingerprint density at radius 3 is 2.74 bits per heavy atom. The molecule has 2 N–H and O–H groups in total. The van der Waals surface area contributed by atoms with Crippen LogP contribution in [0.2, 0.25) is 0 Å². The summed E-state index contributed by atoms with van der Waals surface area (Å²) in [6, 6.07) is 13.8. The molecule has 1 aromatic carbocycles. The average molecular weight is 426 g/mol. The SMILES string of the molecule is CCNC(=NCc1cccc(OC)c1)NCc1ccccn1.I. The van der Waals surface area contributed by atoms with Crippen molar-refractivity contribution in [1.29, 1.82) is 0 Å². The number of nitrogens with zero attached hydrogens (tertiary/aromatic N) is 2. The lowest BCUT2D eigenvalue weighted by atomic mass is 10.2. The van der Waals surface area contributed by atoms with E-state index >= 15 is 0 Å². The number of aliphatic imine (C=N–C) groups is 1. The maximum Gasteiger partial charge on any atom is 0.191 e. The Bertz CT molecular complexity index is 605. The van der Waals surface area contributed by atoms with E-state index in [1.54, 1.807) is 13.3 Å². The van der Waals surface area contributed by atoms with Gasteiger partial charge < -0.3 is 15.4 Å². The molecule has 0 atom stereocenters. The lowest BCUT2D eigenvalue weighted by Crippen LogP contribution is -2.36. The fourth-order valence-corrected chi connectivity index (χ4v) is 1.96. The number of nitrogens with one attached hydrogen (secondary N) is 2. The Hall–Kier alpha value is -1.83. The predicted octanol–water partition coefficient (Wildman–Crippen LogP) is 2.96. The van der Waals surface area contributed by atoms with Crippen molar-refractivity contribution >= 4 is 29.9 Å². The van der Waals surface area contributed by atoms with E-state index in [0.29, 0.717) is 13.1 Å². The van der Waals surface area contributed by atoms with Crippen LogP contribution < -0.4 is 15.4 Å². The number of hydrogen-bond donors (Lipinski definition) is 2. The summed E-state index contributed by atoms with van der Waals surface area (Å²) in [4.78, 5) is 8.88. The second-order valence-electron chi connectivity index (χ2n) is 4.72. The first-order chi connectivity index (χ1) is 10.8. The molecular weight excluding hydrogens is 403 g/mol. The molecule has 0 aliphatic rings. The maximum atomic E-state index is 5.23. The van der Waals surface area contributed by atoms with Crippen LogP contribution in [0.5, 0.6) is 5.75 Å². The van der Waals surface area contributed by atoms with Gasteiger partial charge in [-0.05, 0) is 36.8 Å².